The zero-order valence-corrected chi connectivity index (χ0v) is 12.3. The van der Waals surface area contributed by atoms with E-state index in [0.717, 1.165) is 31.8 Å². The van der Waals surface area contributed by atoms with E-state index in [2.05, 4.69) is 27.8 Å². The summed E-state index contributed by atoms with van der Waals surface area (Å²) in [4.78, 5) is 18.4. The average Bonchev–Trinajstić information content (AvgIpc) is 2.40. The second-order valence-corrected chi connectivity index (χ2v) is 5.62. The first-order valence-electron chi connectivity index (χ1n) is 6.62. The number of nitrogens with zero attached hydrogens (tertiary/aromatic N) is 2. The second kappa shape index (κ2) is 6.32. The Morgan fingerprint density at radius 3 is 2.83 bits per heavy atom. The Labute approximate surface area is 117 Å². The highest BCUT2D eigenvalue weighted by Gasteiger charge is 2.24. The van der Waals surface area contributed by atoms with Crippen LogP contribution in [0.4, 0.5) is 0 Å². The smallest absolute Gasteiger partial charge is 0.256 e. The predicted octanol–water partition coefficient (Wildman–Crippen LogP) is 3.50. The maximum Gasteiger partial charge on any atom is 0.256 e. The molecule has 0 aliphatic carbocycles. The molecule has 1 amide bonds. The van der Waals surface area contributed by atoms with Gasteiger partial charge in [0.2, 0.25) is 0 Å². The van der Waals surface area contributed by atoms with Crippen molar-refractivity contribution in [1.82, 2.24) is 9.88 Å². The van der Waals surface area contributed by atoms with Gasteiger partial charge in [0, 0.05) is 19.3 Å². The van der Waals surface area contributed by atoms with Crippen molar-refractivity contribution in [2.45, 2.75) is 32.6 Å². The number of amides is 1. The lowest BCUT2D eigenvalue weighted by Crippen LogP contribution is -2.38. The molecule has 1 aromatic heterocycles. The number of pyridine rings is 1. The SMILES string of the molecule is CCCC1CCN(C(=O)c2cccnc2Br)CC1. The van der Waals surface area contributed by atoms with Crippen LogP contribution in [-0.4, -0.2) is 28.9 Å². The monoisotopic (exact) mass is 310 g/mol. The molecule has 1 fully saturated rings. The molecule has 0 spiro atoms. The van der Waals surface area contributed by atoms with Crippen LogP contribution in [0, 0.1) is 5.92 Å². The molecule has 0 bridgehead atoms. The minimum absolute atomic E-state index is 0.102. The van der Waals surface area contributed by atoms with Gasteiger partial charge < -0.3 is 4.90 Å². The highest BCUT2D eigenvalue weighted by molar-refractivity contribution is 9.10. The molecular formula is C14H19BrN2O. The van der Waals surface area contributed by atoms with Crippen LogP contribution in [0.3, 0.4) is 0 Å². The van der Waals surface area contributed by atoms with Crippen molar-refractivity contribution in [2.24, 2.45) is 5.92 Å². The summed E-state index contributed by atoms with van der Waals surface area (Å²) in [5.41, 5.74) is 0.673. The van der Waals surface area contributed by atoms with Gasteiger partial charge in [-0.3, -0.25) is 4.79 Å². The molecule has 0 aromatic carbocycles. The predicted molar refractivity (Wildman–Crippen MR) is 75.5 cm³/mol. The minimum atomic E-state index is 0.102. The molecule has 98 valence electrons. The maximum absolute atomic E-state index is 12.3. The van der Waals surface area contributed by atoms with Crippen LogP contribution in [0.25, 0.3) is 0 Å². The van der Waals surface area contributed by atoms with E-state index in [9.17, 15) is 4.79 Å². The van der Waals surface area contributed by atoms with Crippen molar-refractivity contribution in [3.05, 3.63) is 28.5 Å². The summed E-state index contributed by atoms with van der Waals surface area (Å²) in [5, 5.41) is 0. The lowest BCUT2D eigenvalue weighted by molar-refractivity contribution is 0.0685. The van der Waals surface area contributed by atoms with Crippen LogP contribution in [-0.2, 0) is 0 Å². The summed E-state index contributed by atoms with van der Waals surface area (Å²) in [6.07, 6.45) is 6.49. The van der Waals surface area contributed by atoms with Crippen molar-refractivity contribution in [3.63, 3.8) is 0 Å². The Bertz CT molecular complexity index is 414. The van der Waals surface area contributed by atoms with Crippen molar-refractivity contribution in [2.75, 3.05) is 13.1 Å². The first kappa shape index (κ1) is 13.5. The van der Waals surface area contributed by atoms with E-state index in [1.165, 1.54) is 12.8 Å². The van der Waals surface area contributed by atoms with E-state index >= 15 is 0 Å². The van der Waals surface area contributed by atoms with Gasteiger partial charge >= 0.3 is 0 Å². The van der Waals surface area contributed by atoms with Gasteiger partial charge in [0.25, 0.3) is 5.91 Å². The quantitative estimate of drug-likeness (QED) is 0.801. The number of likely N-dealkylation sites (tertiary alicyclic amines) is 1. The summed E-state index contributed by atoms with van der Waals surface area (Å²) in [6.45, 7) is 3.99. The molecule has 1 aliphatic heterocycles. The lowest BCUT2D eigenvalue weighted by atomic mass is 9.92. The highest BCUT2D eigenvalue weighted by atomic mass is 79.9. The van der Waals surface area contributed by atoms with E-state index < -0.39 is 0 Å². The fourth-order valence-electron chi connectivity index (χ4n) is 2.55. The molecule has 3 nitrogen and oxygen atoms in total. The Morgan fingerprint density at radius 1 is 1.50 bits per heavy atom. The molecule has 0 unspecified atom stereocenters. The van der Waals surface area contributed by atoms with Crippen LogP contribution in [0.5, 0.6) is 0 Å². The molecule has 2 rings (SSSR count). The van der Waals surface area contributed by atoms with E-state index in [-0.39, 0.29) is 5.91 Å². The topological polar surface area (TPSA) is 33.2 Å². The number of halogens is 1. The molecular weight excluding hydrogens is 292 g/mol. The average molecular weight is 311 g/mol. The van der Waals surface area contributed by atoms with Crippen molar-refractivity contribution in [1.29, 1.82) is 0 Å². The Hall–Kier alpha value is -0.900. The molecule has 18 heavy (non-hydrogen) atoms. The lowest BCUT2D eigenvalue weighted by Gasteiger charge is -2.32. The van der Waals surface area contributed by atoms with Gasteiger partial charge in [0.1, 0.15) is 4.60 Å². The van der Waals surface area contributed by atoms with Gasteiger partial charge in [-0.1, -0.05) is 19.8 Å². The number of aromatic nitrogens is 1. The zero-order chi connectivity index (χ0) is 13.0. The zero-order valence-electron chi connectivity index (χ0n) is 10.7. The largest absolute Gasteiger partial charge is 0.339 e. The number of piperidine rings is 1. The van der Waals surface area contributed by atoms with Gasteiger partial charge in [-0.15, -0.1) is 0 Å². The Kier molecular flexibility index (Phi) is 4.75. The molecule has 1 aliphatic rings. The molecule has 0 atom stereocenters. The number of hydrogen-bond acceptors (Lipinski definition) is 2. The molecule has 0 saturated carbocycles. The molecule has 4 heteroatoms. The van der Waals surface area contributed by atoms with E-state index in [4.69, 9.17) is 0 Å². The highest BCUT2D eigenvalue weighted by Crippen LogP contribution is 2.24. The first-order valence-corrected chi connectivity index (χ1v) is 7.41. The van der Waals surface area contributed by atoms with Gasteiger partial charge in [-0.2, -0.15) is 0 Å². The molecule has 1 saturated heterocycles. The van der Waals surface area contributed by atoms with Crippen LogP contribution in [0.1, 0.15) is 43.0 Å². The van der Waals surface area contributed by atoms with Crippen LogP contribution in [0.15, 0.2) is 22.9 Å². The minimum Gasteiger partial charge on any atom is -0.339 e. The second-order valence-electron chi connectivity index (χ2n) is 4.87. The van der Waals surface area contributed by atoms with E-state index in [1.807, 2.05) is 17.0 Å². The fourth-order valence-corrected chi connectivity index (χ4v) is 2.97. The van der Waals surface area contributed by atoms with E-state index in [1.54, 1.807) is 6.20 Å². The summed E-state index contributed by atoms with van der Waals surface area (Å²) < 4.78 is 0.644. The normalized spacial score (nSPS) is 16.9. The van der Waals surface area contributed by atoms with Gasteiger partial charge in [0.05, 0.1) is 5.56 Å². The number of rotatable bonds is 3. The third-order valence-electron chi connectivity index (χ3n) is 3.59. The first-order chi connectivity index (χ1) is 8.72. The third-order valence-corrected chi connectivity index (χ3v) is 4.22. The number of carbonyl (C=O) groups excluding carboxylic acids is 1. The molecule has 2 heterocycles. The van der Waals surface area contributed by atoms with Gasteiger partial charge in [-0.05, 0) is 46.8 Å². The van der Waals surface area contributed by atoms with Crippen molar-refractivity contribution in [3.8, 4) is 0 Å². The molecule has 1 aromatic rings. The summed E-state index contributed by atoms with van der Waals surface area (Å²) in [7, 11) is 0. The fraction of sp³-hybridized carbons (Fsp3) is 0.571. The maximum atomic E-state index is 12.3. The standard InChI is InChI=1S/C14H19BrN2O/c1-2-4-11-6-9-17(10-7-11)14(18)12-5-3-8-16-13(12)15/h3,5,8,11H,2,4,6-7,9-10H2,1H3. The Balaban J connectivity index is 1.98. The summed E-state index contributed by atoms with van der Waals surface area (Å²) >= 11 is 3.34. The van der Waals surface area contributed by atoms with E-state index in [0.29, 0.717) is 10.2 Å². The summed E-state index contributed by atoms with van der Waals surface area (Å²) in [5.74, 6) is 0.904. The van der Waals surface area contributed by atoms with Gasteiger partial charge in [0.15, 0.2) is 0 Å². The molecule has 0 N–H and O–H groups in total. The van der Waals surface area contributed by atoms with Crippen LogP contribution < -0.4 is 0 Å². The third kappa shape index (κ3) is 3.10. The van der Waals surface area contributed by atoms with Crippen LogP contribution in [0.2, 0.25) is 0 Å². The molecule has 0 radical (unpaired) electrons. The van der Waals surface area contributed by atoms with Gasteiger partial charge in [-0.25, -0.2) is 4.98 Å². The number of hydrogen-bond donors (Lipinski definition) is 0. The number of carbonyl (C=O) groups is 1. The van der Waals surface area contributed by atoms with Crippen LogP contribution >= 0.6 is 15.9 Å². The van der Waals surface area contributed by atoms with Crippen molar-refractivity contribution >= 4 is 21.8 Å². The van der Waals surface area contributed by atoms with Crippen molar-refractivity contribution < 1.29 is 4.79 Å². The summed E-state index contributed by atoms with van der Waals surface area (Å²) in [6, 6.07) is 3.64. The Morgan fingerprint density at radius 2 is 2.22 bits per heavy atom.